The van der Waals surface area contributed by atoms with Crippen molar-refractivity contribution in [3.8, 4) is 11.4 Å². The molecule has 0 saturated carbocycles. The van der Waals surface area contributed by atoms with E-state index in [4.69, 9.17) is 0 Å². The van der Waals surface area contributed by atoms with Gasteiger partial charge in [-0.05, 0) is 37.0 Å². The van der Waals surface area contributed by atoms with Gasteiger partial charge in [-0.3, -0.25) is 4.79 Å². The number of alkyl halides is 3. The maximum atomic E-state index is 15.0. The Balaban J connectivity index is 1.61. The van der Waals surface area contributed by atoms with Crippen molar-refractivity contribution in [1.29, 1.82) is 0 Å². The Morgan fingerprint density at radius 2 is 1.80 bits per heavy atom. The summed E-state index contributed by atoms with van der Waals surface area (Å²) in [4.78, 5) is 30.5. The van der Waals surface area contributed by atoms with Crippen molar-refractivity contribution in [3.05, 3.63) is 65.7 Å². The largest absolute Gasteiger partial charge is 0.419 e. The van der Waals surface area contributed by atoms with Crippen LogP contribution in [0.25, 0.3) is 11.4 Å². The summed E-state index contributed by atoms with van der Waals surface area (Å²) in [5.41, 5.74) is -1.39. The molecule has 1 amide bonds. The molecular weight excluding hydrogens is 471 g/mol. The molecule has 0 spiro atoms. The lowest BCUT2D eigenvalue weighted by Crippen LogP contribution is -2.51. The first-order valence-electron chi connectivity index (χ1n) is 10.9. The second-order valence-electron chi connectivity index (χ2n) is 8.22. The van der Waals surface area contributed by atoms with E-state index in [1.54, 1.807) is 6.07 Å². The maximum absolute atomic E-state index is 15.0. The van der Waals surface area contributed by atoms with Gasteiger partial charge in [0.25, 0.3) is 5.91 Å². The first-order chi connectivity index (χ1) is 16.7. The van der Waals surface area contributed by atoms with Crippen LogP contribution in [0.2, 0.25) is 0 Å². The van der Waals surface area contributed by atoms with Crippen molar-refractivity contribution in [1.82, 2.24) is 24.8 Å². The highest BCUT2D eigenvalue weighted by molar-refractivity contribution is 6.00. The average Bonchev–Trinajstić information content (AvgIpc) is 2.84. The lowest BCUT2D eigenvalue weighted by Gasteiger charge is -2.40. The van der Waals surface area contributed by atoms with E-state index in [1.807, 2.05) is 6.92 Å². The fourth-order valence-electron chi connectivity index (χ4n) is 4.10. The molecule has 1 fully saturated rings. The Bertz CT molecular complexity index is 1190. The zero-order chi connectivity index (χ0) is 25.2. The number of hydrogen-bond donors (Lipinski definition) is 1. The monoisotopic (exact) mass is 492 g/mol. The maximum Gasteiger partial charge on any atom is 0.419 e. The lowest BCUT2D eigenvalue weighted by molar-refractivity contribution is -0.138. The number of anilines is 1. The predicted octanol–water partition coefficient (Wildman–Crippen LogP) is 4.58. The molecular formula is C23H21F5N6O. The summed E-state index contributed by atoms with van der Waals surface area (Å²) in [6, 6.07) is 3.26. The van der Waals surface area contributed by atoms with Crippen molar-refractivity contribution in [3.63, 3.8) is 0 Å². The van der Waals surface area contributed by atoms with Crippen molar-refractivity contribution >= 4 is 11.9 Å². The second-order valence-corrected chi connectivity index (χ2v) is 8.22. The van der Waals surface area contributed by atoms with Crippen molar-refractivity contribution < 1.29 is 26.7 Å². The van der Waals surface area contributed by atoms with Crippen LogP contribution in [-0.4, -0.2) is 49.9 Å². The molecule has 1 N–H and O–H groups in total. The molecule has 4 rings (SSSR count). The number of halogens is 5. The van der Waals surface area contributed by atoms with Crippen LogP contribution in [0.4, 0.5) is 27.9 Å². The molecule has 35 heavy (non-hydrogen) atoms. The molecule has 0 unspecified atom stereocenters. The van der Waals surface area contributed by atoms with Gasteiger partial charge in [-0.25, -0.2) is 28.7 Å². The molecule has 12 heteroatoms. The molecule has 7 nitrogen and oxygen atoms in total. The van der Waals surface area contributed by atoms with E-state index in [2.05, 4.69) is 25.3 Å². The molecule has 1 saturated heterocycles. The number of likely N-dealkylation sites (tertiary alicyclic amines) is 1. The van der Waals surface area contributed by atoms with Crippen LogP contribution in [0.5, 0.6) is 0 Å². The Labute approximate surface area is 197 Å². The van der Waals surface area contributed by atoms with Gasteiger partial charge in [-0.2, -0.15) is 13.2 Å². The van der Waals surface area contributed by atoms with Crippen molar-refractivity contribution in [2.75, 3.05) is 18.4 Å². The number of hydrogen-bond acceptors (Lipinski definition) is 6. The van der Waals surface area contributed by atoms with E-state index in [1.165, 1.54) is 23.4 Å². The zero-order valence-electron chi connectivity index (χ0n) is 18.6. The van der Waals surface area contributed by atoms with Crippen LogP contribution in [0.15, 0.2) is 43.0 Å². The molecule has 1 aliphatic rings. The van der Waals surface area contributed by atoms with E-state index >= 15 is 0 Å². The molecule has 184 valence electrons. The van der Waals surface area contributed by atoms with Crippen LogP contribution in [0, 0.1) is 17.6 Å². The van der Waals surface area contributed by atoms with Gasteiger partial charge in [0.05, 0.1) is 17.2 Å². The average molecular weight is 492 g/mol. The smallest absolute Gasteiger partial charge is 0.352 e. The summed E-state index contributed by atoms with van der Waals surface area (Å²) >= 11 is 0. The standard InChI is InChI=1S/C23H21F5N6O/c1-13-4-2-9-34(17(13)12-33-22-31-10-14(11-32-22)23(26,27)28)21(35)18-15(5-6-16(24)19(18)25)20-29-7-3-8-30-20/h3,5-8,10-11,13,17H,2,4,9,12H2,1H3,(H,31,32,33)/t13-,17-/m1/s1. The van der Waals surface area contributed by atoms with Gasteiger partial charge in [0.15, 0.2) is 17.5 Å². The molecule has 0 aliphatic carbocycles. The van der Waals surface area contributed by atoms with E-state index in [-0.39, 0.29) is 36.3 Å². The summed E-state index contributed by atoms with van der Waals surface area (Å²) in [5.74, 6) is -3.20. The normalized spacial score (nSPS) is 18.4. The van der Waals surface area contributed by atoms with E-state index in [0.717, 1.165) is 12.5 Å². The third-order valence-corrected chi connectivity index (χ3v) is 5.94. The second kappa shape index (κ2) is 9.88. The Kier molecular flexibility index (Phi) is 6.90. The number of benzene rings is 1. The van der Waals surface area contributed by atoms with Crippen LogP contribution < -0.4 is 5.32 Å². The van der Waals surface area contributed by atoms with Gasteiger partial charge < -0.3 is 10.2 Å². The molecule has 2 atom stereocenters. The Morgan fingerprint density at radius 3 is 2.46 bits per heavy atom. The summed E-state index contributed by atoms with van der Waals surface area (Å²) in [5, 5.41) is 2.86. The lowest BCUT2D eigenvalue weighted by atomic mass is 9.89. The van der Waals surface area contributed by atoms with Crippen LogP contribution >= 0.6 is 0 Å². The van der Waals surface area contributed by atoms with Gasteiger partial charge >= 0.3 is 6.18 Å². The number of carbonyl (C=O) groups excluding carboxylic acids is 1. The SMILES string of the molecule is C[C@@H]1CCCN(C(=O)c2c(-c3ncccn3)ccc(F)c2F)[C@@H]1CNc1ncc(C(F)(F)F)cn1. The first-order valence-corrected chi connectivity index (χ1v) is 10.9. The molecule has 1 aromatic carbocycles. The van der Waals surface area contributed by atoms with Gasteiger partial charge in [-0.1, -0.05) is 6.92 Å². The molecule has 3 heterocycles. The highest BCUT2D eigenvalue weighted by atomic mass is 19.4. The molecule has 0 bridgehead atoms. The van der Waals surface area contributed by atoms with Gasteiger partial charge in [-0.15, -0.1) is 0 Å². The van der Waals surface area contributed by atoms with Gasteiger partial charge in [0.1, 0.15) is 0 Å². The number of carbonyl (C=O) groups is 1. The van der Waals surface area contributed by atoms with Gasteiger partial charge in [0, 0.05) is 43.4 Å². The number of nitrogens with one attached hydrogen (secondary N) is 1. The summed E-state index contributed by atoms with van der Waals surface area (Å²) < 4.78 is 67.4. The topological polar surface area (TPSA) is 83.9 Å². The minimum Gasteiger partial charge on any atom is -0.352 e. The van der Waals surface area contributed by atoms with Crippen molar-refractivity contribution in [2.24, 2.45) is 5.92 Å². The minimum atomic E-state index is -4.56. The van der Waals surface area contributed by atoms with E-state index < -0.39 is 40.9 Å². The van der Waals surface area contributed by atoms with E-state index in [0.29, 0.717) is 18.8 Å². The van der Waals surface area contributed by atoms with Crippen molar-refractivity contribution in [2.45, 2.75) is 32.0 Å². The predicted molar refractivity (Wildman–Crippen MR) is 116 cm³/mol. The van der Waals surface area contributed by atoms with Gasteiger partial charge in [0.2, 0.25) is 5.95 Å². The number of amides is 1. The van der Waals surface area contributed by atoms with E-state index in [9.17, 15) is 26.7 Å². The van der Waals surface area contributed by atoms with Crippen LogP contribution in [0.1, 0.15) is 35.7 Å². The molecule has 1 aliphatic heterocycles. The number of rotatable bonds is 5. The molecule has 3 aromatic rings. The third kappa shape index (κ3) is 5.20. The quantitative estimate of drug-likeness (QED) is 0.525. The number of nitrogens with zero attached hydrogens (tertiary/aromatic N) is 5. The molecule has 2 aromatic heterocycles. The Hall–Kier alpha value is -3.70. The highest BCUT2D eigenvalue weighted by Gasteiger charge is 2.36. The molecule has 0 radical (unpaired) electrons. The fourth-order valence-corrected chi connectivity index (χ4v) is 4.10. The number of piperidine rings is 1. The minimum absolute atomic E-state index is 0.0392. The zero-order valence-corrected chi connectivity index (χ0v) is 18.6. The first kappa shape index (κ1) is 24.4. The van der Waals surface area contributed by atoms with Crippen LogP contribution in [0.3, 0.4) is 0 Å². The highest BCUT2D eigenvalue weighted by Crippen LogP contribution is 2.31. The number of aromatic nitrogens is 4. The Morgan fingerprint density at radius 1 is 1.11 bits per heavy atom. The summed E-state index contributed by atoms with van der Waals surface area (Å²) in [6.45, 7) is 2.29. The van der Waals surface area contributed by atoms with Crippen LogP contribution in [-0.2, 0) is 6.18 Å². The fraction of sp³-hybridized carbons (Fsp3) is 0.348. The summed E-state index contributed by atoms with van der Waals surface area (Å²) in [7, 11) is 0. The summed E-state index contributed by atoms with van der Waals surface area (Å²) in [6.07, 6.45) is 1.04. The third-order valence-electron chi connectivity index (χ3n) is 5.94.